The van der Waals surface area contributed by atoms with E-state index in [0.29, 0.717) is 13.0 Å². The van der Waals surface area contributed by atoms with Crippen LogP contribution in [-0.2, 0) is 38.3 Å². The van der Waals surface area contributed by atoms with E-state index < -0.39 is 59.8 Å². The molecule has 0 aromatic carbocycles. The van der Waals surface area contributed by atoms with Crippen molar-refractivity contribution in [2.45, 2.75) is 263 Å². The number of aliphatic hydroxyl groups is 3. The number of allylic oxidation sites excluding steroid dienone is 8. The lowest BCUT2D eigenvalue weighted by Crippen LogP contribution is -2.60. The molecule has 6 atom stereocenters. The Labute approximate surface area is 408 Å². The summed E-state index contributed by atoms with van der Waals surface area (Å²) in [5.41, 5.74) is 0. The molecule has 1 aliphatic heterocycles. The van der Waals surface area contributed by atoms with Gasteiger partial charge in [0.25, 0.3) is 0 Å². The third-order valence-corrected chi connectivity index (χ3v) is 12.6. The number of ether oxygens (including phenoxy) is 4. The largest absolute Gasteiger partial charge is 0.457 e. The molecule has 392 valence electrons. The summed E-state index contributed by atoms with van der Waals surface area (Å²) in [7, 11) is -5.07. The molecule has 0 saturated carbocycles. The number of aliphatic hydroxyl groups excluding tert-OH is 3. The van der Waals surface area contributed by atoms with E-state index in [1.807, 2.05) is 0 Å². The molecule has 67 heavy (non-hydrogen) atoms. The molecule has 0 aromatic heterocycles. The maximum atomic E-state index is 12.9. The van der Waals surface area contributed by atoms with Crippen molar-refractivity contribution in [1.82, 2.24) is 0 Å². The summed E-state index contributed by atoms with van der Waals surface area (Å²) in [6.07, 6.45) is 47.2. The molecule has 0 aliphatic carbocycles. The summed E-state index contributed by atoms with van der Waals surface area (Å²) in [5, 5.41) is 30.8. The molecule has 13 heteroatoms. The number of hydrogen-bond donors (Lipinski definition) is 4. The molecule has 1 aliphatic rings. The van der Waals surface area contributed by atoms with Crippen molar-refractivity contribution in [1.29, 1.82) is 0 Å². The molecule has 0 spiro atoms. The highest BCUT2D eigenvalue weighted by molar-refractivity contribution is 7.80. The van der Waals surface area contributed by atoms with Gasteiger partial charge in [-0.15, -0.1) is 0 Å². The van der Waals surface area contributed by atoms with Gasteiger partial charge < -0.3 is 34.3 Å². The average Bonchev–Trinajstić information content (AvgIpc) is 3.30. The molecule has 1 heterocycles. The van der Waals surface area contributed by atoms with Crippen molar-refractivity contribution in [3.8, 4) is 0 Å². The molecule has 1 saturated heterocycles. The zero-order valence-electron chi connectivity index (χ0n) is 42.2. The van der Waals surface area contributed by atoms with Gasteiger partial charge in [-0.3, -0.25) is 9.35 Å². The smallest absolute Gasteiger partial charge is 0.397 e. The first-order chi connectivity index (χ1) is 32.6. The molecule has 0 aromatic rings. The van der Waals surface area contributed by atoms with E-state index in [-0.39, 0.29) is 19.6 Å². The van der Waals surface area contributed by atoms with Crippen molar-refractivity contribution in [2.24, 2.45) is 0 Å². The number of hydrogen-bond acceptors (Lipinski definition) is 11. The monoisotopic (exact) mass is 971 g/mol. The van der Waals surface area contributed by atoms with Gasteiger partial charge in [0.05, 0.1) is 19.8 Å². The normalized spacial score (nSPS) is 19.8. The third kappa shape index (κ3) is 38.5. The van der Waals surface area contributed by atoms with Crippen molar-refractivity contribution in [3.05, 3.63) is 48.6 Å². The van der Waals surface area contributed by atoms with Gasteiger partial charge in [0.1, 0.15) is 30.5 Å². The van der Waals surface area contributed by atoms with Gasteiger partial charge in [0.15, 0.2) is 6.29 Å². The Morgan fingerprint density at radius 3 is 1.45 bits per heavy atom. The van der Waals surface area contributed by atoms with Gasteiger partial charge in [-0.1, -0.05) is 191 Å². The van der Waals surface area contributed by atoms with Crippen LogP contribution in [0.4, 0.5) is 0 Å². The minimum atomic E-state index is -5.07. The Bertz CT molecular complexity index is 1350. The third-order valence-electron chi connectivity index (χ3n) is 12.2. The number of rotatable bonds is 47. The highest BCUT2D eigenvalue weighted by Gasteiger charge is 2.48. The van der Waals surface area contributed by atoms with Crippen LogP contribution >= 0.6 is 0 Å². The quantitative estimate of drug-likeness (QED) is 0.0197. The highest BCUT2D eigenvalue weighted by atomic mass is 32.3. The Morgan fingerprint density at radius 2 is 0.985 bits per heavy atom. The fraction of sp³-hybridized carbons (Fsp3) is 0.833. The Kier molecular flexibility index (Phi) is 42.6. The van der Waals surface area contributed by atoms with Crippen molar-refractivity contribution in [3.63, 3.8) is 0 Å². The molecule has 0 radical (unpaired) electrons. The molecule has 6 unspecified atom stereocenters. The first kappa shape index (κ1) is 63.1. The fourth-order valence-electron chi connectivity index (χ4n) is 8.09. The van der Waals surface area contributed by atoms with Gasteiger partial charge in [-0.2, -0.15) is 8.42 Å². The summed E-state index contributed by atoms with van der Waals surface area (Å²) >= 11 is 0. The van der Waals surface area contributed by atoms with Crippen LogP contribution in [0.1, 0.15) is 226 Å². The maximum absolute atomic E-state index is 12.9. The second-order valence-corrected chi connectivity index (χ2v) is 19.5. The molecule has 1 fully saturated rings. The average molecular weight is 971 g/mol. The lowest BCUT2D eigenvalue weighted by Gasteiger charge is -2.41. The predicted molar refractivity (Wildman–Crippen MR) is 271 cm³/mol. The molecule has 0 amide bonds. The Morgan fingerprint density at radius 1 is 0.567 bits per heavy atom. The van der Waals surface area contributed by atoms with E-state index in [0.717, 1.165) is 70.6 Å². The van der Waals surface area contributed by atoms with Gasteiger partial charge in [-0.25, -0.2) is 4.18 Å². The predicted octanol–water partition coefficient (Wildman–Crippen LogP) is 12.7. The van der Waals surface area contributed by atoms with E-state index in [9.17, 15) is 33.1 Å². The molecule has 0 bridgehead atoms. The summed E-state index contributed by atoms with van der Waals surface area (Å²) in [6, 6.07) is 0. The molecular weight excluding hydrogens is 873 g/mol. The van der Waals surface area contributed by atoms with Gasteiger partial charge in [0, 0.05) is 13.0 Å². The van der Waals surface area contributed by atoms with Crippen LogP contribution in [0.3, 0.4) is 0 Å². The topological polar surface area (TPSA) is 178 Å². The Balaban J connectivity index is 2.30. The summed E-state index contributed by atoms with van der Waals surface area (Å²) in [5.74, 6) is -0.408. The molecule has 4 N–H and O–H groups in total. The Hall–Kier alpha value is -1.94. The van der Waals surface area contributed by atoms with Crippen LogP contribution in [0.5, 0.6) is 0 Å². The highest BCUT2D eigenvalue weighted by Crippen LogP contribution is 2.26. The van der Waals surface area contributed by atoms with E-state index >= 15 is 0 Å². The number of carbonyl (C=O) groups is 1. The van der Waals surface area contributed by atoms with Crippen LogP contribution in [0, 0.1) is 0 Å². The van der Waals surface area contributed by atoms with Crippen LogP contribution in [0.15, 0.2) is 48.6 Å². The van der Waals surface area contributed by atoms with Gasteiger partial charge in [-0.05, 0) is 77.0 Å². The van der Waals surface area contributed by atoms with E-state index in [1.54, 1.807) is 0 Å². The molecule has 1 rings (SSSR count). The second-order valence-electron chi connectivity index (χ2n) is 18.5. The minimum Gasteiger partial charge on any atom is -0.457 e. The van der Waals surface area contributed by atoms with Gasteiger partial charge in [0.2, 0.25) is 0 Å². The zero-order chi connectivity index (χ0) is 48.9. The first-order valence-corrected chi connectivity index (χ1v) is 28.3. The molecular formula is C54H98O12S. The number of esters is 1. The fourth-order valence-corrected chi connectivity index (χ4v) is 8.60. The van der Waals surface area contributed by atoms with Crippen LogP contribution < -0.4 is 0 Å². The summed E-state index contributed by atoms with van der Waals surface area (Å²) in [6.45, 7) is 3.97. The van der Waals surface area contributed by atoms with E-state index in [4.69, 9.17) is 18.9 Å². The number of carbonyl (C=O) groups excluding carboxylic acids is 1. The standard InChI is InChI=1S/C54H98O12S/c1-3-5-7-9-11-13-15-17-19-20-21-22-23-24-25-26-27-28-29-30-32-34-36-38-40-42-44-62-46-48(47-63-54-52(58)53(66-67(59,60)61)51(57)49(45-55)65-54)64-50(56)43-41-39-37-35-33-31-18-16-14-12-10-8-6-4-2/h15-18,20-21,23-24,48-49,51-55,57-58H,3-14,19,22,25-47H2,1-2H3,(H,59,60,61)/b17-15-,18-16-,21-20-,24-23-. The zero-order valence-corrected chi connectivity index (χ0v) is 43.0. The van der Waals surface area contributed by atoms with Crippen molar-refractivity contribution < 1.29 is 56.2 Å². The van der Waals surface area contributed by atoms with Crippen molar-refractivity contribution >= 4 is 16.4 Å². The number of unbranched alkanes of at least 4 members (excludes halogenated alkanes) is 26. The second kappa shape index (κ2) is 45.2. The summed E-state index contributed by atoms with van der Waals surface area (Å²) in [4.78, 5) is 12.9. The van der Waals surface area contributed by atoms with Crippen LogP contribution in [0.2, 0.25) is 0 Å². The SMILES string of the molecule is CCCCCCC/C=C\C/C=C\C/C=C\CCCCCCCCCCCCCOCC(COC1OC(CO)C(O)C(OS(=O)(=O)O)C1O)OC(=O)CCCCCCC/C=C\CCCCCCC. The van der Waals surface area contributed by atoms with Crippen LogP contribution in [0.25, 0.3) is 0 Å². The first-order valence-electron chi connectivity index (χ1n) is 26.9. The van der Waals surface area contributed by atoms with E-state index in [2.05, 4.69) is 66.6 Å². The van der Waals surface area contributed by atoms with Crippen LogP contribution in [-0.4, -0.2) is 97.5 Å². The minimum absolute atomic E-state index is 0.0306. The lowest BCUT2D eigenvalue weighted by molar-refractivity contribution is -0.301. The summed E-state index contributed by atoms with van der Waals surface area (Å²) < 4.78 is 59.3. The van der Waals surface area contributed by atoms with Gasteiger partial charge >= 0.3 is 16.4 Å². The van der Waals surface area contributed by atoms with E-state index in [1.165, 1.54) is 128 Å². The van der Waals surface area contributed by atoms with Crippen molar-refractivity contribution in [2.75, 3.05) is 26.4 Å². The maximum Gasteiger partial charge on any atom is 0.397 e. The molecule has 12 nitrogen and oxygen atoms in total. The lowest BCUT2D eigenvalue weighted by atomic mass is 9.99.